The van der Waals surface area contributed by atoms with E-state index in [4.69, 9.17) is 0 Å². The van der Waals surface area contributed by atoms with E-state index in [0.29, 0.717) is 0 Å². The Kier molecular flexibility index (Phi) is 7.33. The van der Waals surface area contributed by atoms with E-state index in [9.17, 15) is 0 Å². The largest absolute Gasteiger partial charge is 0.310 e. The Morgan fingerprint density at radius 2 is 0.964 bits per heavy atom. The van der Waals surface area contributed by atoms with Crippen molar-refractivity contribution in [3.05, 3.63) is 235 Å². The fourth-order valence-electron chi connectivity index (χ4n) is 9.22. The third-order valence-electron chi connectivity index (χ3n) is 11.5. The highest BCUT2D eigenvalue weighted by Crippen LogP contribution is 2.57. The second-order valence-corrected chi connectivity index (χ2v) is 15.5. The van der Waals surface area contributed by atoms with Crippen molar-refractivity contribution in [3.63, 3.8) is 0 Å². The first-order valence-corrected chi connectivity index (χ1v) is 19.7. The molecule has 0 atom stereocenters. The highest BCUT2D eigenvalue weighted by molar-refractivity contribution is 7.26. The van der Waals surface area contributed by atoms with Gasteiger partial charge in [-0.2, -0.15) is 0 Å². The van der Waals surface area contributed by atoms with E-state index in [1.165, 1.54) is 75.5 Å². The van der Waals surface area contributed by atoms with Gasteiger partial charge in [0, 0.05) is 37.2 Å². The van der Waals surface area contributed by atoms with Crippen molar-refractivity contribution in [1.82, 2.24) is 0 Å². The maximum absolute atomic E-state index is 2.44. The van der Waals surface area contributed by atoms with Crippen molar-refractivity contribution in [1.29, 1.82) is 0 Å². The number of para-hydroxylation sites is 1. The quantitative estimate of drug-likeness (QED) is 0.166. The maximum atomic E-state index is 2.44. The predicted molar refractivity (Wildman–Crippen MR) is 234 cm³/mol. The van der Waals surface area contributed by atoms with Crippen LogP contribution in [0.15, 0.2) is 212 Å². The number of hydrogen-bond donors (Lipinski definition) is 0. The molecule has 0 radical (unpaired) electrons. The summed E-state index contributed by atoms with van der Waals surface area (Å²) in [5.74, 6) is 0. The lowest BCUT2D eigenvalue weighted by molar-refractivity contribution is 0.768. The number of nitrogens with zero attached hydrogens (tertiary/aromatic N) is 1. The highest BCUT2D eigenvalue weighted by Gasteiger charge is 2.46. The molecule has 1 aliphatic carbocycles. The van der Waals surface area contributed by atoms with Gasteiger partial charge in [0.05, 0.1) is 5.41 Å². The monoisotopic (exact) mass is 717 g/mol. The van der Waals surface area contributed by atoms with Crippen LogP contribution in [0.4, 0.5) is 17.1 Å². The van der Waals surface area contributed by atoms with Crippen LogP contribution in [-0.2, 0) is 5.41 Å². The average Bonchev–Trinajstić information content (AvgIpc) is 3.79. The Balaban J connectivity index is 1.10. The first kappa shape index (κ1) is 31.8. The normalized spacial score (nSPS) is 12.9. The number of fused-ring (bicyclic) bond motifs is 8. The van der Waals surface area contributed by atoms with Gasteiger partial charge in [0.2, 0.25) is 0 Å². The number of thiophene rings is 1. The Bertz CT molecular complexity index is 2980. The SMILES string of the molecule is c1ccc(N(c2ccc(-c3cccc4ccc5sc6ccccc6c5c34)cc2)c2ccc3c(c2)C(c2ccccc2)(c2ccccc2)c2ccccc2-3)cc1. The lowest BCUT2D eigenvalue weighted by atomic mass is 9.67. The fraction of sp³-hybridized carbons (Fsp3) is 0.0189. The van der Waals surface area contributed by atoms with Crippen LogP contribution in [0, 0.1) is 0 Å². The smallest absolute Gasteiger partial charge is 0.0714 e. The minimum atomic E-state index is -0.470. The molecule has 258 valence electrons. The number of rotatable bonds is 6. The van der Waals surface area contributed by atoms with E-state index in [1.54, 1.807) is 0 Å². The van der Waals surface area contributed by atoms with E-state index < -0.39 is 5.41 Å². The number of anilines is 3. The molecule has 0 saturated heterocycles. The molecule has 0 amide bonds. The number of hydrogen-bond acceptors (Lipinski definition) is 2. The average molecular weight is 718 g/mol. The van der Waals surface area contributed by atoms with Gasteiger partial charge < -0.3 is 4.90 Å². The number of benzene rings is 9. The topological polar surface area (TPSA) is 3.24 Å². The van der Waals surface area contributed by atoms with Gasteiger partial charge in [0.1, 0.15) is 0 Å². The fourth-order valence-corrected chi connectivity index (χ4v) is 10.3. The lowest BCUT2D eigenvalue weighted by Gasteiger charge is -2.35. The van der Waals surface area contributed by atoms with Gasteiger partial charge in [0.15, 0.2) is 0 Å². The zero-order chi connectivity index (χ0) is 36.3. The van der Waals surface area contributed by atoms with Gasteiger partial charge in [-0.3, -0.25) is 0 Å². The molecule has 0 aliphatic heterocycles. The second-order valence-electron chi connectivity index (χ2n) is 14.4. The van der Waals surface area contributed by atoms with Crippen LogP contribution >= 0.6 is 11.3 Å². The molecule has 0 fully saturated rings. The van der Waals surface area contributed by atoms with Gasteiger partial charge >= 0.3 is 0 Å². The van der Waals surface area contributed by atoms with Gasteiger partial charge in [-0.25, -0.2) is 0 Å². The van der Waals surface area contributed by atoms with Gasteiger partial charge in [-0.15, -0.1) is 11.3 Å². The zero-order valence-electron chi connectivity index (χ0n) is 30.1. The predicted octanol–water partition coefficient (Wildman–Crippen LogP) is 14.7. The van der Waals surface area contributed by atoms with Crippen molar-refractivity contribution in [2.75, 3.05) is 4.90 Å². The van der Waals surface area contributed by atoms with Crippen molar-refractivity contribution < 1.29 is 0 Å². The summed E-state index contributed by atoms with van der Waals surface area (Å²) in [6.45, 7) is 0. The Morgan fingerprint density at radius 1 is 0.364 bits per heavy atom. The van der Waals surface area contributed by atoms with Crippen LogP contribution in [0.3, 0.4) is 0 Å². The maximum Gasteiger partial charge on any atom is 0.0714 e. The minimum absolute atomic E-state index is 0.470. The summed E-state index contributed by atoms with van der Waals surface area (Å²) < 4.78 is 2.66. The lowest BCUT2D eigenvalue weighted by Crippen LogP contribution is -2.28. The molecule has 11 rings (SSSR count). The third-order valence-corrected chi connectivity index (χ3v) is 12.7. The summed E-state index contributed by atoms with van der Waals surface area (Å²) in [4.78, 5) is 2.40. The zero-order valence-corrected chi connectivity index (χ0v) is 30.9. The van der Waals surface area contributed by atoms with Crippen LogP contribution in [0.2, 0.25) is 0 Å². The molecule has 1 nitrogen and oxygen atoms in total. The Labute approximate surface area is 325 Å². The third kappa shape index (κ3) is 4.85. The molecule has 1 heterocycles. The minimum Gasteiger partial charge on any atom is -0.310 e. The van der Waals surface area contributed by atoms with Crippen LogP contribution in [0.1, 0.15) is 22.3 Å². The van der Waals surface area contributed by atoms with E-state index in [1.807, 2.05) is 11.3 Å². The molecule has 1 aliphatic rings. The molecule has 0 N–H and O–H groups in total. The molecule has 2 heteroatoms. The summed E-state index contributed by atoms with van der Waals surface area (Å²) in [6, 6.07) is 78.2. The summed E-state index contributed by atoms with van der Waals surface area (Å²) in [5, 5.41) is 5.26. The molecule has 10 aromatic rings. The van der Waals surface area contributed by atoms with Gasteiger partial charge in [-0.1, -0.05) is 164 Å². The molecule has 0 spiro atoms. The summed E-state index contributed by atoms with van der Waals surface area (Å²) in [5.41, 5.74) is 13.1. The molecular weight excluding hydrogens is 683 g/mol. The Morgan fingerprint density at radius 3 is 1.73 bits per heavy atom. The van der Waals surface area contributed by atoms with E-state index in [-0.39, 0.29) is 0 Å². The molecule has 0 bridgehead atoms. The first-order chi connectivity index (χ1) is 27.3. The Hall–Kier alpha value is -6.74. The highest BCUT2D eigenvalue weighted by atomic mass is 32.1. The molecule has 0 saturated carbocycles. The summed E-state index contributed by atoms with van der Waals surface area (Å²) in [7, 11) is 0. The molecule has 1 aromatic heterocycles. The van der Waals surface area contributed by atoms with Gasteiger partial charge in [0.25, 0.3) is 0 Å². The first-order valence-electron chi connectivity index (χ1n) is 18.9. The molecule has 0 unspecified atom stereocenters. The summed E-state index contributed by atoms with van der Waals surface area (Å²) in [6.07, 6.45) is 0. The van der Waals surface area contributed by atoms with E-state index in [2.05, 4.69) is 217 Å². The van der Waals surface area contributed by atoms with Crippen LogP contribution in [0.25, 0.3) is 53.2 Å². The van der Waals surface area contributed by atoms with E-state index in [0.717, 1.165) is 17.1 Å². The van der Waals surface area contributed by atoms with Crippen LogP contribution < -0.4 is 4.90 Å². The molecular formula is C53H35NS. The van der Waals surface area contributed by atoms with Crippen molar-refractivity contribution >= 4 is 59.3 Å². The van der Waals surface area contributed by atoms with Crippen LogP contribution in [-0.4, -0.2) is 0 Å². The molecule has 55 heavy (non-hydrogen) atoms. The van der Waals surface area contributed by atoms with E-state index >= 15 is 0 Å². The second kappa shape index (κ2) is 12.7. The van der Waals surface area contributed by atoms with Gasteiger partial charge in [-0.05, 0) is 104 Å². The summed E-state index contributed by atoms with van der Waals surface area (Å²) >= 11 is 1.88. The van der Waals surface area contributed by atoms with Crippen molar-refractivity contribution in [2.45, 2.75) is 5.41 Å². The van der Waals surface area contributed by atoms with Crippen molar-refractivity contribution in [3.8, 4) is 22.3 Å². The van der Waals surface area contributed by atoms with Crippen LogP contribution in [0.5, 0.6) is 0 Å². The van der Waals surface area contributed by atoms with Crippen molar-refractivity contribution in [2.24, 2.45) is 0 Å². The standard InChI is InChI=1S/C53H35NS/c1-4-16-38(17-5-1)53(39-18-6-2-7-19-39)47-25-12-10-22-44(47)45-33-32-42(35-48(45)53)54(40-20-8-3-9-21-40)41-30-27-36(28-31-41)43-24-14-15-37-29-34-50-52(51(37)43)46-23-11-13-26-49(46)55-50/h1-35H. The molecule has 9 aromatic carbocycles.